The number of rotatable bonds is 4. The Morgan fingerprint density at radius 1 is 1.39 bits per heavy atom. The summed E-state index contributed by atoms with van der Waals surface area (Å²) in [4.78, 5) is 14.3. The zero-order valence-corrected chi connectivity index (χ0v) is 13.8. The van der Waals surface area contributed by atoms with Crippen LogP contribution in [-0.4, -0.2) is 43.9 Å². The maximum absolute atomic E-state index is 13.9. The molecular weight excluding hydrogens is 315 g/mol. The number of carbonyl (C=O) groups is 1. The summed E-state index contributed by atoms with van der Waals surface area (Å²) in [5.41, 5.74) is 0.388. The summed E-state index contributed by atoms with van der Waals surface area (Å²) >= 11 is 1.29. The van der Waals surface area contributed by atoms with Gasteiger partial charge >= 0.3 is 0 Å². The monoisotopic (exact) mass is 334 g/mol. The first-order chi connectivity index (χ1) is 11.2. The van der Waals surface area contributed by atoms with Crippen molar-refractivity contribution in [1.29, 1.82) is 0 Å². The minimum atomic E-state index is -0.342. The topological polar surface area (TPSA) is 51.0 Å². The summed E-state index contributed by atoms with van der Waals surface area (Å²) in [5, 5.41) is 8.38. The molecule has 0 aliphatic carbocycles. The Morgan fingerprint density at radius 3 is 3.00 bits per heavy atom. The molecule has 0 unspecified atom stereocenters. The van der Waals surface area contributed by atoms with E-state index in [1.807, 2.05) is 4.90 Å². The van der Waals surface area contributed by atoms with Crippen LogP contribution < -0.4 is 0 Å². The van der Waals surface area contributed by atoms with Crippen molar-refractivity contribution in [2.75, 3.05) is 12.3 Å². The predicted octanol–water partition coefficient (Wildman–Crippen LogP) is 2.90. The highest BCUT2D eigenvalue weighted by atomic mass is 32.2. The summed E-state index contributed by atoms with van der Waals surface area (Å²) in [5.74, 6) is 0.0488. The quantitative estimate of drug-likeness (QED) is 0.807. The van der Waals surface area contributed by atoms with Gasteiger partial charge in [0.2, 0.25) is 5.91 Å². The number of aromatic nitrogens is 3. The second-order valence-corrected chi connectivity index (χ2v) is 6.60. The fourth-order valence-electron chi connectivity index (χ4n) is 2.81. The van der Waals surface area contributed by atoms with Gasteiger partial charge in [-0.3, -0.25) is 9.36 Å². The molecule has 3 rings (SSSR count). The zero-order chi connectivity index (χ0) is 16.2. The van der Waals surface area contributed by atoms with Gasteiger partial charge in [0.25, 0.3) is 0 Å². The van der Waals surface area contributed by atoms with Gasteiger partial charge in [-0.2, -0.15) is 0 Å². The van der Waals surface area contributed by atoms with Crippen molar-refractivity contribution in [2.24, 2.45) is 0 Å². The molecule has 2 aromatic rings. The highest BCUT2D eigenvalue weighted by Gasteiger charge is 2.23. The van der Waals surface area contributed by atoms with Crippen molar-refractivity contribution >= 4 is 17.7 Å². The molecule has 1 fully saturated rings. The molecule has 2 heterocycles. The third-order valence-corrected chi connectivity index (χ3v) is 5.00. The van der Waals surface area contributed by atoms with Crippen LogP contribution in [0.15, 0.2) is 35.7 Å². The van der Waals surface area contributed by atoms with Crippen LogP contribution in [0, 0.1) is 5.82 Å². The van der Waals surface area contributed by atoms with E-state index >= 15 is 0 Å². The molecule has 0 N–H and O–H groups in total. The van der Waals surface area contributed by atoms with Crippen molar-refractivity contribution in [3.63, 3.8) is 0 Å². The fourth-order valence-corrected chi connectivity index (χ4v) is 3.62. The van der Waals surface area contributed by atoms with Gasteiger partial charge in [-0.05, 0) is 38.3 Å². The second-order valence-electron chi connectivity index (χ2n) is 5.66. The third kappa shape index (κ3) is 3.55. The van der Waals surface area contributed by atoms with Crippen molar-refractivity contribution < 1.29 is 9.18 Å². The Balaban J connectivity index is 1.69. The van der Waals surface area contributed by atoms with Crippen LogP contribution >= 0.6 is 11.8 Å². The first-order valence-electron chi connectivity index (χ1n) is 7.74. The lowest BCUT2D eigenvalue weighted by atomic mass is 10.0. The largest absolute Gasteiger partial charge is 0.339 e. The van der Waals surface area contributed by atoms with E-state index in [0.29, 0.717) is 16.9 Å². The number of piperidine rings is 1. The van der Waals surface area contributed by atoms with Crippen molar-refractivity contribution in [3.05, 3.63) is 36.4 Å². The molecule has 0 saturated carbocycles. The van der Waals surface area contributed by atoms with Crippen molar-refractivity contribution in [3.8, 4) is 5.69 Å². The Morgan fingerprint density at radius 2 is 2.22 bits per heavy atom. The number of nitrogens with zero attached hydrogens (tertiary/aromatic N) is 4. The summed E-state index contributed by atoms with van der Waals surface area (Å²) in [6.07, 6.45) is 4.77. The van der Waals surface area contributed by atoms with Gasteiger partial charge in [0.15, 0.2) is 5.16 Å². The zero-order valence-electron chi connectivity index (χ0n) is 13.0. The number of para-hydroxylation sites is 1. The molecule has 1 aromatic carbocycles. The molecule has 122 valence electrons. The lowest BCUT2D eigenvalue weighted by Crippen LogP contribution is -2.42. The molecule has 5 nitrogen and oxygen atoms in total. The van der Waals surface area contributed by atoms with E-state index in [1.54, 1.807) is 22.8 Å². The average molecular weight is 334 g/mol. The van der Waals surface area contributed by atoms with Gasteiger partial charge in [0, 0.05) is 12.6 Å². The van der Waals surface area contributed by atoms with E-state index in [4.69, 9.17) is 0 Å². The minimum Gasteiger partial charge on any atom is -0.339 e. The number of hydrogen-bond acceptors (Lipinski definition) is 4. The van der Waals surface area contributed by atoms with Crippen LogP contribution in [-0.2, 0) is 4.79 Å². The Bertz CT molecular complexity index is 690. The Labute approximate surface area is 138 Å². The molecule has 1 saturated heterocycles. The first-order valence-corrected chi connectivity index (χ1v) is 8.72. The standard InChI is InChI=1S/C16H19FN4OS/c1-12-6-4-5-9-20(12)15(22)10-23-16-19-18-11-21(16)14-8-3-2-7-13(14)17/h2-3,7-8,11-12H,4-6,9-10H2,1H3/t12-/m1/s1. The van der Waals surface area contributed by atoms with Crippen molar-refractivity contribution in [1.82, 2.24) is 19.7 Å². The van der Waals surface area contributed by atoms with E-state index in [2.05, 4.69) is 17.1 Å². The van der Waals surface area contributed by atoms with Crippen LogP contribution in [0.3, 0.4) is 0 Å². The van der Waals surface area contributed by atoms with Gasteiger partial charge in [-0.1, -0.05) is 23.9 Å². The van der Waals surface area contributed by atoms with Crippen LogP contribution in [0.25, 0.3) is 5.69 Å². The van der Waals surface area contributed by atoms with Gasteiger partial charge < -0.3 is 4.90 Å². The highest BCUT2D eigenvalue weighted by molar-refractivity contribution is 7.99. The maximum Gasteiger partial charge on any atom is 0.233 e. The maximum atomic E-state index is 13.9. The third-order valence-electron chi connectivity index (χ3n) is 4.08. The predicted molar refractivity (Wildman–Crippen MR) is 87.1 cm³/mol. The number of hydrogen-bond donors (Lipinski definition) is 0. The highest BCUT2D eigenvalue weighted by Crippen LogP contribution is 2.23. The van der Waals surface area contributed by atoms with Crippen molar-refractivity contribution in [2.45, 2.75) is 37.4 Å². The van der Waals surface area contributed by atoms with E-state index in [9.17, 15) is 9.18 Å². The fraction of sp³-hybridized carbons (Fsp3) is 0.438. The Kier molecular flexibility index (Phi) is 4.95. The lowest BCUT2D eigenvalue weighted by Gasteiger charge is -2.33. The molecular formula is C16H19FN4OS. The number of likely N-dealkylation sites (tertiary alicyclic amines) is 1. The number of thioether (sulfide) groups is 1. The first kappa shape index (κ1) is 16.0. The molecule has 1 amide bonds. The molecule has 1 aromatic heterocycles. The minimum absolute atomic E-state index is 0.102. The van der Waals surface area contributed by atoms with Crippen LogP contribution in [0.1, 0.15) is 26.2 Å². The molecule has 1 aliphatic heterocycles. The summed E-state index contributed by atoms with van der Waals surface area (Å²) in [7, 11) is 0. The summed E-state index contributed by atoms with van der Waals surface area (Å²) in [6, 6.07) is 6.74. The van der Waals surface area contributed by atoms with E-state index < -0.39 is 0 Å². The molecule has 1 atom stereocenters. The number of benzene rings is 1. The van der Waals surface area contributed by atoms with Crippen LogP contribution in [0.4, 0.5) is 4.39 Å². The number of amides is 1. The van der Waals surface area contributed by atoms with Gasteiger partial charge in [0.1, 0.15) is 12.1 Å². The summed E-state index contributed by atoms with van der Waals surface area (Å²) in [6.45, 7) is 2.91. The van der Waals surface area contributed by atoms with Crippen LogP contribution in [0.2, 0.25) is 0 Å². The van der Waals surface area contributed by atoms with Gasteiger partial charge in [0.05, 0.1) is 11.4 Å². The molecule has 0 spiro atoms. The van der Waals surface area contributed by atoms with E-state index in [1.165, 1.54) is 30.6 Å². The normalized spacial score (nSPS) is 18.2. The number of halogens is 1. The average Bonchev–Trinajstić information content (AvgIpc) is 3.02. The molecule has 0 bridgehead atoms. The lowest BCUT2D eigenvalue weighted by molar-refractivity contribution is -0.131. The van der Waals surface area contributed by atoms with Gasteiger partial charge in [-0.15, -0.1) is 10.2 Å². The molecule has 0 radical (unpaired) electrons. The second kappa shape index (κ2) is 7.12. The Hall–Kier alpha value is -1.89. The molecule has 23 heavy (non-hydrogen) atoms. The number of carbonyl (C=O) groups excluding carboxylic acids is 1. The summed E-state index contributed by atoms with van der Waals surface area (Å²) < 4.78 is 15.5. The SMILES string of the molecule is C[C@@H]1CCCCN1C(=O)CSc1nncn1-c1ccccc1F. The van der Waals surface area contributed by atoms with E-state index in [0.717, 1.165) is 19.4 Å². The molecule has 1 aliphatic rings. The smallest absolute Gasteiger partial charge is 0.233 e. The van der Waals surface area contributed by atoms with Crippen LogP contribution in [0.5, 0.6) is 0 Å². The van der Waals surface area contributed by atoms with Gasteiger partial charge in [-0.25, -0.2) is 4.39 Å². The molecule has 7 heteroatoms. The van der Waals surface area contributed by atoms with E-state index in [-0.39, 0.29) is 17.5 Å².